The van der Waals surface area contributed by atoms with Crippen LogP contribution in [0.3, 0.4) is 0 Å². The molecule has 3 rings (SSSR count). The molecule has 0 spiro atoms. The van der Waals surface area contributed by atoms with Gasteiger partial charge in [-0.15, -0.1) is 17.0 Å². The Balaban J connectivity index is 0.00000456. The van der Waals surface area contributed by atoms with Gasteiger partial charge in [0.2, 0.25) is 5.91 Å². The Morgan fingerprint density at radius 3 is 2.58 bits per heavy atom. The summed E-state index contributed by atoms with van der Waals surface area (Å²) in [4.78, 5) is 17.5. The summed E-state index contributed by atoms with van der Waals surface area (Å²) >= 11 is 0. The van der Waals surface area contributed by atoms with Gasteiger partial charge in [-0.1, -0.05) is 34.1 Å². The number of nitrogens with zero attached hydrogens (tertiary/aromatic N) is 2. The number of anilines is 1. The van der Waals surface area contributed by atoms with E-state index in [1.54, 1.807) is 6.33 Å². The van der Waals surface area contributed by atoms with E-state index in [-0.39, 0.29) is 39.9 Å². The van der Waals surface area contributed by atoms with Crippen molar-refractivity contribution in [3.05, 3.63) is 47.4 Å². The van der Waals surface area contributed by atoms with E-state index < -0.39 is 17.7 Å². The Hall–Kier alpha value is -1.84. The van der Waals surface area contributed by atoms with Gasteiger partial charge in [0, 0.05) is 31.4 Å². The molecule has 1 aliphatic carbocycles. The highest BCUT2D eigenvalue weighted by Gasteiger charge is 2.28. The second kappa shape index (κ2) is 12.6. The highest BCUT2D eigenvalue weighted by atomic mass is 79.9. The Morgan fingerprint density at radius 2 is 1.92 bits per heavy atom. The average molecular weight is 571 g/mol. The van der Waals surface area contributed by atoms with Crippen molar-refractivity contribution in [2.24, 2.45) is 5.41 Å². The SMILES string of the molecule is Br.CCC[C@H](NC1CCc2cc(F)cc(F)c2C1)C(=O)Nc1cn(C(C)(C)CNCC(C)(C)C)cn1. The number of fused-ring (bicyclic) bond motifs is 1. The van der Waals surface area contributed by atoms with Crippen LogP contribution in [0.4, 0.5) is 14.6 Å². The molecule has 202 valence electrons. The van der Waals surface area contributed by atoms with E-state index in [1.165, 1.54) is 6.07 Å². The van der Waals surface area contributed by atoms with Crippen molar-refractivity contribution in [1.29, 1.82) is 0 Å². The van der Waals surface area contributed by atoms with Crippen LogP contribution in [0.15, 0.2) is 24.7 Å². The van der Waals surface area contributed by atoms with E-state index in [9.17, 15) is 13.6 Å². The van der Waals surface area contributed by atoms with Gasteiger partial charge in [-0.25, -0.2) is 13.8 Å². The van der Waals surface area contributed by atoms with Crippen LogP contribution in [0.1, 0.15) is 71.9 Å². The maximum atomic E-state index is 14.3. The zero-order valence-electron chi connectivity index (χ0n) is 22.4. The molecule has 1 unspecified atom stereocenters. The zero-order chi connectivity index (χ0) is 25.8. The van der Waals surface area contributed by atoms with Crippen molar-refractivity contribution in [2.45, 2.75) is 91.3 Å². The summed E-state index contributed by atoms with van der Waals surface area (Å²) in [7, 11) is 0. The van der Waals surface area contributed by atoms with E-state index in [0.29, 0.717) is 30.6 Å². The number of nitrogens with one attached hydrogen (secondary N) is 3. The quantitative estimate of drug-likeness (QED) is 0.360. The van der Waals surface area contributed by atoms with Gasteiger partial charge in [-0.2, -0.15) is 0 Å². The highest BCUT2D eigenvalue weighted by Crippen LogP contribution is 2.26. The molecule has 2 atom stereocenters. The summed E-state index contributed by atoms with van der Waals surface area (Å²) in [6, 6.07) is 1.90. The third-order valence-electron chi connectivity index (χ3n) is 6.54. The van der Waals surface area contributed by atoms with E-state index in [0.717, 1.165) is 37.6 Å². The van der Waals surface area contributed by atoms with Gasteiger partial charge in [0.1, 0.15) is 11.6 Å². The lowest BCUT2D eigenvalue weighted by molar-refractivity contribution is -0.118. The number of amides is 1. The van der Waals surface area contributed by atoms with Gasteiger partial charge in [0.25, 0.3) is 0 Å². The van der Waals surface area contributed by atoms with E-state index in [2.05, 4.69) is 55.6 Å². The normalized spacial score (nSPS) is 16.7. The standard InChI is InChI=1S/C27H41F2N5O.BrH/c1-7-8-23(32-20-10-9-18-11-19(28)12-22(29)21(18)13-20)25(35)33-24-14-34(17-31-24)27(5,6)16-30-15-26(2,3)4;/h11-12,14,17,20,23,30,32H,7-10,13,15-16H2,1-6H3,(H,33,35);1H/t20?,23-;/m0./s1. The topological polar surface area (TPSA) is 71.0 Å². The fraction of sp³-hybridized carbons (Fsp3) is 0.630. The zero-order valence-corrected chi connectivity index (χ0v) is 24.1. The third-order valence-corrected chi connectivity index (χ3v) is 6.54. The minimum absolute atomic E-state index is 0. The van der Waals surface area contributed by atoms with Crippen LogP contribution in [0, 0.1) is 17.0 Å². The molecule has 0 fully saturated rings. The predicted molar refractivity (Wildman–Crippen MR) is 147 cm³/mol. The van der Waals surface area contributed by atoms with E-state index >= 15 is 0 Å². The number of carbonyl (C=O) groups excluding carboxylic acids is 1. The molecule has 6 nitrogen and oxygen atoms in total. The minimum atomic E-state index is -0.538. The van der Waals surface area contributed by atoms with E-state index in [4.69, 9.17) is 0 Å². The first kappa shape index (κ1) is 30.4. The molecule has 36 heavy (non-hydrogen) atoms. The molecule has 1 aromatic carbocycles. The number of aryl methyl sites for hydroxylation is 1. The van der Waals surface area contributed by atoms with Crippen molar-refractivity contribution in [2.75, 3.05) is 18.4 Å². The molecule has 0 bridgehead atoms. The largest absolute Gasteiger partial charge is 0.328 e. The second-order valence-corrected chi connectivity index (χ2v) is 11.6. The molecule has 0 radical (unpaired) electrons. The van der Waals surface area contributed by atoms with Crippen molar-refractivity contribution in [3.63, 3.8) is 0 Å². The van der Waals surface area contributed by atoms with Crippen LogP contribution in [0.2, 0.25) is 0 Å². The monoisotopic (exact) mass is 569 g/mol. The Kier molecular flexibility index (Phi) is 10.6. The van der Waals surface area contributed by atoms with Crippen molar-refractivity contribution >= 4 is 28.7 Å². The second-order valence-electron chi connectivity index (χ2n) is 11.6. The van der Waals surface area contributed by atoms with Crippen LogP contribution in [0.5, 0.6) is 0 Å². The first-order chi connectivity index (χ1) is 16.4. The molecule has 3 N–H and O–H groups in total. The molecule has 0 aliphatic heterocycles. The minimum Gasteiger partial charge on any atom is -0.328 e. The molecular weight excluding hydrogens is 528 g/mol. The maximum absolute atomic E-state index is 14.3. The smallest absolute Gasteiger partial charge is 0.242 e. The summed E-state index contributed by atoms with van der Waals surface area (Å²) < 4.78 is 29.9. The molecule has 1 aliphatic rings. The summed E-state index contributed by atoms with van der Waals surface area (Å²) in [5.41, 5.74) is 1.27. The van der Waals surface area contributed by atoms with Crippen LogP contribution in [-0.4, -0.2) is 40.6 Å². The number of hydrogen-bond acceptors (Lipinski definition) is 4. The van der Waals surface area contributed by atoms with Crippen molar-refractivity contribution in [3.8, 4) is 0 Å². The number of rotatable bonds is 10. The Labute approximate surface area is 224 Å². The van der Waals surface area contributed by atoms with Crippen LogP contribution < -0.4 is 16.0 Å². The van der Waals surface area contributed by atoms with Crippen LogP contribution in [-0.2, 0) is 23.2 Å². The summed E-state index contributed by atoms with van der Waals surface area (Å²) in [6.45, 7) is 14.6. The summed E-state index contributed by atoms with van der Waals surface area (Å²) in [5.74, 6) is -0.680. The Bertz CT molecular complexity index is 1020. The number of imidazole rings is 1. The van der Waals surface area contributed by atoms with Gasteiger partial charge in [-0.05, 0) is 62.1 Å². The molecule has 1 amide bonds. The molecule has 9 heteroatoms. The number of halogens is 3. The Morgan fingerprint density at radius 1 is 1.19 bits per heavy atom. The number of carbonyl (C=O) groups is 1. The summed E-state index contributed by atoms with van der Waals surface area (Å²) in [5, 5.41) is 9.89. The van der Waals surface area contributed by atoms with Gasteiger partial charge in [0.05, 0.1) is 17.9 Å². The molecule has 2 aromatic rings. The van der Waals surface area contributed by atoms with Gasteiger partial charge in [-0.3, -0.25) is 4.79 Å². The van der Waals surface area contributed by atoms with Crippen LogP contribution in [0.25, 0.3) is 0 Å². The molecule has 0 saturated carbocycles. The molecular formula is C27H42BrF2N5O. The lowest BCUT2D eigenvalue weighted by atomic mass is 9.87. The average Bonchev–Trinajstić information content (AvgIpc) is 3.22. The van der Waals surface area contributed by atoms with Crippen LogP contribution >= 0.6 is 17.0 Å². The lowest BCUT2D eigenvalue weighted by Gasteiger charge is -2.30. The third kappa shape index (κ3) is 8.35. The fourth-order valence-corrected chi connectivity index (χ4v) is 4.56. The van der Waals surface area contributed by atoms with Gasteiger partial charge in [0.15, 0.2) is 5.82 Å². The number of aromatic nitrogens is 2. The highest BCUT2D eigenvalue weighted by molar-refractivity contribution is 8.93. The van der Waals surface area contributed by atoms with Gasteiger partial charge >= 0.3 is 0 Å². The number of benzene rings is 1. The van der Waals surface area contributed by atoms with Crippen molar-refractivity contribution < 1.29 is 13.6 Å². The van der Waals surface area contributed by atoms with E-state index in [1.807, 2.05) is 17.7 Å². The molecule has 1 heterocycles. The predicted octanol–water partition coefficient (Wildman–Crippen LogP) is 5.36. The van der Waals surface area contributed by atoms with Crippen molar-refractivity contribution in [1.82, 2.24) is 20.2 Å². The van der Waals surface area contributed by atoms with Gasteiger partial charge < -0.3 is 20.5 Å². The first-order valence-corrected chi connectivity index (χ1v) is 12.7. The maximum Gasteiger partial charge on any atom is 0.242 e. The first-order valence-electron chi connectivity index (χ1n) is 12.7. The molecule has 0 saturated heterocycles. The lowest BCUT2D eigenvalue weighted by Crippen LogP contribution is -2.48. The summed E-state index contributed by atoms with van der Waals surface area (Å²) in [6.07, 6.45) is 6.86. The molecule has 1 aromatic heterocycles. The number of hydrogen-bond donors (Lipinski definition) is 3. The fourth-order valence-electron chi connectivity index (χ4n) is 4.56.